The van der Waals surface area contributed by atoms with Crippen LogP contribution in [0.5, 0.6) is 0 Å². The number of hydrogen-bond donors (Lipinski definition) is 2. The van der Waals surface area contributed by atoms with E-state index in [2.05, 4.69) is 10.1 Å². The van der Waals surface area contributed by atoms with Gasteiger partial charge in [0.15, 0.2) is 14.6 Å². The smallest absolute Gasteiger partial charge is 0.265 e. The fraction of sp³-hybridized carbons (Fsp3) is 0.250. The van der Waals surface area contributed by atoms with E-state index in [0.29, 0.717) is 0 Å². The average molecular weight is 497 g/mol. The van der Waals surface area contributed by atoms with Gasteiger partial charge in [0.2, 0.25) is 0 Å². The molecule has 9 nitrogen and oxygen atoms in total. The molecule has 3 aromatic rings. The summed E-state index contributed by atoms with van der Waals surface area (Å²) in [6, 6.07) is 14.1. The highest BCUT2D eigenvalue weighted by atomic mass is 35.5. The van der Waals surface area contributed by atoms with Crippen LogP contribution in [-0.2, 0) is 19.4 Å². The van der Waals surface area contributed by atoms with Gasteiger partial charge in [0.05, 0.1) is 10.6 Å². The van der Waals surface area contributed by atoms with E-state index in [4.69, 9.17) is 9.94 Å². The van der Waals surface area contributed by atoms with Crippen molar-refractivity contribution in [2.45, 2.75) is 32.3 Å². The molecule has 32 heavy (non-hydrogen) atoms. The third-order valence-electron chi connectivity index (χ3n) is 5.22. The lowest BCUT2D eigenvalue weighted by atomic mass is 9.98. The molecule has 0 bridgehead atoms. The fourth-order valence-electron chi connectivity index (χ4n) is 3.48. The van der Waals surface area contributed by atoms with Gasteiger partial charge in [-0.25, -0.2) is 23.6 Å². The molecule has 0 atom stereocenters. The molecule has 1 aromatic heterocycles. The Kier molecular flexibility index (Phi) is 7.57. The Hall–Kier alpha value is -2.44. The highest BCUT2D eigenvalue weighted by Gasteiger charge is 2.52. The second kappa shape index (κ2) is 10.0. The fourth-order valence-corrected chi connectivity index (χ4v) is 6.23. The first-order valence-electron chi connectivity index (χ1n) is 9.46. The Morgan fingerprint density at radius 2 is 1.66 bits per heavy atom. The van der Waals surface area contributed by atoms with Crippen LogP contribution in [0.2, 0.25) is 0 Å². The van der Waals surface area contributed by atoms with Gasteiger partial charge >= 0.3 is 0 Å². The van der Waals surface area contributed by atoms with Crippen molar-refractivity contribution in [3.63, 3.8) is 0 Å². The van der Waals surface area contributed by atoms with Crippen molar-refractivity contribution < 1.29 is 23.2 Å². The summed E-state index contributed by atoms with van der Waals surface area (Å²) in [6.45, 7) is 0.260. The number of hydrogen-bond acceptors (Lipinski definition) is 8. The highest BCUT2D eigenvalue weighted by molar-refractivity contribution is 7.99. The van der Waals surface area contributed by atoms with E-state index in [0.717, 1.165) is 15.5 Å². The number of aromatic nitrogens is 3. The standard InChI is InChI=1S/C20H20N4O5S2.ClH/c25-19(23-26)20(9-11-29-12-10-20)31(27,28)18-7-5-17(6-8-18)30-16-3-1-15(2-4-16)24-14-21-13-22-24;/h1-8,13-14,26H,9-12H2,(H,23,25);1H. The van der Waals surface area contributed by atoms with E-state index in [1.807, 2.05) is 24.3 Å². The molecule has 170 valence electrons. The van der Waals surface area contributed by atoms with Crippen molar-refractivity contribution in [3.05, 3.63) is 61.2 Å². The first-order valence-corrected chi connectivity index (χ1v) is 11.8. The van der Waals surface area contributed by atoms with Crippen molar-refractivity contribution in [3.8, 4) is 5.69 Å². The second-order valence-electron chi connectivity index (χ2n) is 6.96. The van der Waals surface area contributed by atoms with Gasteiger partial charge in [-0.3, -0.25) is 10.0 Å². The van der Waals surface area contributed by atoms with Crippen LogP contribution >= 0.6 is 24.2 Å². The molecular weight excluding hydrogens is 476 g/mol. The topological polar surface area (TPSA) is 123 Å². The molecule has 0 radical (unpaired) electrons. The summed E-state index contributed by atoms with van der Waals surface area (Å²) < 4.78 is 31.7. The van der Waals surface area contributed by atoms with Crippen LogP contribution in [0.25, 0.3) is 5.69 Å². The van der Waals surface area contributed by atoms with Crippen molar-refractivity contribution in [2.24, 2.45) is 0 Å². The van der Waals surface area contributed by atoms with Gasteiger partial charge < -0.3 is 4.74 Å². The van der Waals surface area contributed by atoms with Crippen molar-refractivity contribution in [2.75, 3.05) is 13.2 Å². The first-order chi connectivity index (χ1) is 15.0. The van der Waals surface area contributed by atoms with E-state index in [-0.39, 0.29) is 43.4 Å². The van der Waals surface area contributed by atoms with Gasteiger partial charge in [0.1, 0.15) is 12.7 Å². The molecular formula is C20H21ClN4O5S2. The van der Waals surface area contributed by atoms with Crippen molar-refractivity contribution >= 4 is 39.9 Å². The molecule has 4 rings (SSSR count). The summed E-state index contributed by atoms with van der Waals surface area (Å²) in [7, 11) is -4.03. The lowest BCUT2D eigenvalue weighted by molar-refractivity contribution is -0.134. The summed E-state index contributed by atoms with van der Waals surface area (Å²) in [5.74, 6) is -0.929. The number of rotatable bonds is 6. The number of hydroxylamine groups is 1. The summed E-state index contributed by atoms with van der Waals surface area (Å²) in [5.41, 5.74) is 2.40. The van der Waals surface area contributed by atoms with Crippen molar-refractivity contribution in [1.29, 1.82) is 0 Å². The predicted molar refractivity (Wildman–Crippen MR) is 119 cm³/mol. The Balaban J connectivity index is 0.00000289. The molecule has 1 aliphatic rings. The monoisotopic (exact) mass is 496 g/mol. The number of nitrogens with one attached hydrogen (secondary N) is 1. The Labute approximate surface area is 195 Å². The normalized spacial score (nSPS) is 15.5. The maximum Gasteiger partial charge on any atom is 0.265 e. The minimum atomic E-state index is -4.03. The third-order valence-corrected chi connectivity index (χ3v) is 8.75. The largest absolute Gasteiger partial charge is 0.381 e. The van der Waals surface area contributed by atoms with E-state index in [1.54, 1.807) is 23.1 Å². The second-order valence-corrected chi connectivity index (χ2v) is 10.4. The number of benzene rings is 2. The molecule has 0 saturated carbocycles. The van der Waals surface area contributed by atoms with E-state index in [9.17, 15) is 13.2 Å². The van der Waals surface area contributed by atoms with Gasteiger partial charge in [0.25, 0.3) is 5.91 Å². The zero-order valence-electron chi connectivity index (χ0n) is 16.7. The number of sulfone groups is 1. The predicted octanol–water partition coefficient (Wildman–Crippen LogP) is 2.67. The van der Waals surface area contributed by atoms with Gasteiger partial charge in [-0.1, -0.05) is 11.8 Å². The Morgan fingerprint density at radius 1 is 1.06 bits per heavy atom. The number of carbonyl (C=O) groups is 1. The van der Waals surface area contributed by atoms with Crippen LogP contribution in [0, 0.1) is 0 Å². The van der Waals surface area contributed by atoms with Gasteiger partial charge in [-0.05, 0) is 61.4 Å². The summed E-state index contributed by atoms with van der Waals surface area (Å²) in [6.07, 6.45) is 3.04. The summed E-state index contributed by atoms with van der Waals surface area (Å²) in [5, 5.41) is 13.2. The number of carbonyl (C=O) groups excluding carboxylic acids is 1. The molecule has 2 aromatic carbocycles. The average Bonchev–Trinajstić information content (AvgIpc) is 3.35. The van der Waals surface area contributed by atoms with E-state index < -0.39 is 20.5 Å². The van der Waals surface area contributed by atoms with E-state index >= 15 is 0 Å². The van der Waals surface area contributed by atoms with E-state index in [1.165, 1.54) is 35.7 Å². The van der Waals surface area contributed by atoms with Crippen LogP contribution in [0.3, 0.4) is 0 Å². The van der Waals surface area contributed by atoms with Crippen LogP contribution in [0.1, 0.15) is 12.8 Å². The van der Waals surface area contributed by atoms with Crippen LogP contribution < -0.4 is 5.48 Å². The molecule has 0 spiro atoms. The molecule has 1 fully saturated rings. The van der Waals surface area contributed by atoms with Crippen LogP contribution in [0.15, 0.2) is 75.9 Å². The first kappa shape index (κ1) is 24.2. The molecule has 0 aliphatic carbocycles. The lowest BCUT2D eigenvalue weighted by Gasteiger charge is -2.34. The summed E-state index contributed by atoms with van der Waals surface area (Å²) in [4.78, 5) is 18.1. The maximum absolute atomic E-state index is 13.3. The molecule has 0 unspecified atom stereocenters. The molecule has 1 amide bonds. The van der Waals surface area contributed by atoms with Gasteiger partial charge in [0, 0.05) is 23.0 Å². The number of ether oxygens (including phenoxy) is 1. The lowest BCUT2D eigenvalue weighted by Crippen LogP contribution is -2.54. The molecule has 1 aliphatic heterocycles. The minimum absolute atomic E-state index is 0. The highest BCUT2D eigenvalue weighted by Crippen LogP contribution is 2.36. The van der Waals surface area contributed by atoms with Crippen LogP contribution in [0.4, 0.5) is 0 Å². The van der Waals surface area contributed by atoms with Crippen LogP contribution in [-0.4, -0.2) is 52.3 Å². The number of nitrogens with zero attached hydrogens (tertiary/aromatic N) is 3. The minimum Gasteiger partial charge on any atom is -0.381 e. The molecule has 2 heterocycles. The maximum atomic E-state index is 13.3. The third kappa shape index (κ3) is 4.52. The Bertz CT molecular complexity index is 1150. The molecule has 2 N–H and O–H groups in total. The molecule has 12 heteroatoms. The van der Waals surface area contributed by atoms with Gasteiger partial charge in [-0.15, -0.1) is 12.4 Å². The number of amides is 1. The number of halogens is 1. The zero-order valence-corrected chi connectivity index (χ0v) is 19.2. The zero-order chi connectivity index (χ0) is 21.9. The summed E-state index contributed by atoms with van der Waals surface area (Å²) >= 11 is 1.48. The van der Waals surface area contributed by atoms with Crippen molar-refractivity contribution in [1.82, 2.24) is 20.2 Å². The van der Waals surface area contributed by atoms with Gasteiger partial charge in [-0.2, -0.15) is 5.10 Å². The molecule has 1 saturated heterocycles. The Morgan fingerprint density at radius 3 is 2.19 bits per heavy atom. The SMILES string of the molecule is Cl.O=C(NO)C1(S(=O)(=O)c2ccc(Sc3ccc(-n4cncn4)cc3)cc2)CCOCC1. The quantitative estimate of drug-likeness (QED) is 0.394.